The maximum atomic E-state index is 12.5. The van der Waals surface area contributed by atoms with Crippen LogP contribution in [0.25, 0.3) is 22.6 Å². The van der Waals surface area contributed by atoms with E-state index in [9.17, 15) is 18.0 Å². The number of nitrogens with zero attached hydrogens (tertiary/aromatic N) is 2. The normalized spacial score (nSPS) is 11.7. The summed E-state index contributed by atoms with van der Waals surface area (Å²) in [6, 6.07) is 11.5. The summed E-state index contributed by atoms with van der Waals surface area (Å²) in [6.07, 6.45) is -4.94. The number of benzene rings is 2. The first-order valence-electron chi connectivity index (χ1n) is 6.78. The lowest BCUT2D eigenvalue weighted by molar-refractivity contribution is -0.170. The largest absolute Gasteiger partial charge is 0.471 e. The van der Waals surface area contributed by atoms with Gasteiger partial charge in [-0.2, -0.15) is 13.2 Å². The topological polar surface area (TPSA) is 46.3 Å². The van der Waals surface area contributed by atoms with Gasteiger partial charge in [0, 0.05) is 17.2 Å². The SMILES string of the molecule is CN(C(=O)C(F)(F)F)c1ccc2oc(-c3ccccc3Br)nc2c1. The summed E-state index contributed by atoms with van der Waals surface area (Å²) in [4.78, 5) is 16.1. The number of oxazole rings is 1. The van der Waals surface area contributed by atoms with Crippen LogP contribution in [-0.4, -0.2) is 24.1 Å². The molecule has 1 heterocycles. The first-order chi connectivity index (χ1) is 11.3. The molecule has 0 unspecified atom stereocenters. The molecule has 24 heavy (non-hydrogen) atoms. The summed E-state index contributed by atoms with van der Waals surface area (Å²) >= 11 is 3.39. The number of fused-ring (bicyclic) bond motifs is 1. The van der Waals surface area contributed by atoms with E-state index in [4.69, 9.17) is 4.42 Å². The van der Waals surface area contributed by atoms with Crippen molar-refractivity contribution in [3.05, 3.63) is 46.9 Å². The third-order valence-electron chi connectivity index (χ3n) is 3.41. The highest BCUT2D eigenvalue weighted by molar-refractivity contribution is 9.10. The van der Waals surface area contributed by atoms with Crippen molar-refractivity contribution < 1.29 is 22.4 Å². The number of amides is 1. The molecule has 0 aliphatic carbocycles. The number of alkyl halides is 3. The van der Waals surface area contributed by atoms with Crippen LogP contribution in [0.3, 0.4) is 0 Å². The number of hydrogen-bond acceptors (Lipinski definition) is 3. The van der Waals surface area contributed by atoms with Crippen molar-refractivity contribution in [3.8, 4) is 11.5 Å². The minimum absolute atomic E-state index is 0.0804. The molecule has 0 saturated heterocycles. The van der Waals surface area contributed by atoms with Gasteiger partial charge in [-0.05, 0) is 46.3 Å². The van der Waals surface area contributed by atoms with Crippen LogP contribution in [0.1, 0.15) is 0 Å². The molecular weight excluding hydrogens is 389 g/mol. The third kappa shape index (κ3) is 3.01. The lowest BCUT2D eigenvalue weighted by atomic mass is 10.2. The van der Waals surface area contributed by atoms with E-state index in [1.807, 2.05) is 18.2 Å². The van der Waals surface area contributed by atoms with Gasteiger partial charge < -0.3 is 9.32 Å². The first kappa shape index (κ1) is 16.5. The second kappa shape index (κ2) is 5.94. The molecule has 1 amide bonds. The van der Waals surface area contributed by atoms with Crippen LogP contribution in [0.5, 0.6) is 0 Å². The van der Waals surface area contributed by atoms with Crippen molar-refractivity contribution in [2.24, 2.45) is 0 Å². The Morgan fingerprint density at radius 2 is 1.92 bits per heavy atom. The molecule has 2 aromatic carbocycles. The van der Waals surface area contributed by atoms with Crippen LogP contribution in [0.15, 0.2) is 51.4 Å². The molecule has 8 heteroatoms. The zero-order valence-corrected chi connectivity index (χ0v) is 13.9. The number of aromatic nitrogens is 1. The zero-order valence-electron chi connectivity index (χ0n) is 12.3. The summed E-state index contributed by atoms with van der Waals surface area (Å²) in [5.74, 6) is -1.62. The summed E-state index contributed by atoms with van der Waals surface area (Å²) in [5, 5.41) is 0. The third-order valence-corrected chi connectivity index (χ3v) is 4.10. The van der Waals surface area contributed by atoms with Crippen molar-refractivity contribution in [3.63, 3.8) is 0 Å². The Morgan fingerprint density at radius 3 is 2.58 bits per heavy atom. The molecule has 124 valence electrons. The van der Waals surface area contributed by atoms with Gasteiger partial charge in [-0.25, -0.2) is 4.98 Å². The minimum atomic E-state index is -4.94. The van der Waals surface area contributed by atoms with Crippen molar-refractivity contribution in [1.82, 2.24) is 4.98 Å². The van der Waals surface area contributed by atoms with Crippen LogP contribution in [-0.2, 0) is 4.79 Å². The lowest BCUT2D eigenvalue weighted by Gasteiger charge is -2.18. The number of carbonyl (C=O) groups is 1. The highest BCUT2D eigenvalue weighted by atomic mass is 79.9. The molecular formula is C16H10BrF3N2O2. The van der Waals surface area contributed by atoms with Crippen LogP contribution in [0.4, 0.5) is 18.9 Å². The first-order valence-corrected chi connectivity index (χ1v) is 7.57. The average molecular weight is 399 g/mol. The Kier molecular flexibility index (Phi) is 4.08. The average Bonchev–Trinajstić information content (AvgIpc) is 2.95. The maximum absolute atomic E-state index is 12.5. The molecule has 0 fully saturated rings. The number of rotatable bonds is 2. The monoisotopic (exact) mass is 398 g/mol. The lowest BCUT2D eigenvalue weighted by Crippen LogP contribution is -2.38. The predicted molar refractivity (Wildman–Crippen MR) is 86.6 cm³/mol. The number of hydrogen-bond donors (Lipinski definition) is 0. The highest BCUT2D eigenvalue weighted by Gasteiger charge is 2.41. The fourth-order valence-electron chi connectivity index (χ4n) is 2.18. The van der Waals surface area contributed by atoms with E-state index in [-0.39, 0.29) is 5.69 Å². The molecule has 0 radical (unpaired) electrons. The molecule has 3 aromatic rings. The Hall–Kier alpha value is -2.35. The summed E-state index contributed by atoms with van der Waals surface area (Å²) < 4.78 is 44.0. The Balaban J connectivity index is 2.01. The van der Waals surface area contributed by atoms with Gasteiger partial charge in [-0.15, -0.1) is 0 Å². The van der Waals surface area contributed by atoms with Crippen molar-refractivity contribution in [2.75, 3.05) is 11.9 Å². The van der Waals surface area contributed by atoms with Gasteiger partial charge in [0.2, 0.25) is 5.89 Å². The molecule has 0 spiro atoms. The van der Waals surface area contributed by atoms with Gasteiger partial charge >= 0.3 is 12.1 Å². The summed E-state index contributed by atoms with van der Waals surface area (Å²) in [7, 11) is 1.06. The van der Waals surface area contributed by atoms with Crippen LogP contribution < -0.4 is 4.90 Å². The van der Waals surface area contributed by atoms with E-state index < -0.39 is 12.1 Å². The molecule has 1 aromatic heterocycles. The number of anilines is 1. The van der Waals surface area contributed by atoms with Crippen molar-refractivity contribution in [2.45, 2.75) is 6.18 Å². The highest BCUT2D eigenvalue weighted by Crippen LogP contribution is 2.32. The molecule has 0 atom stereocenters. The Morgan fingerprint density at radius 1 is 1.21 bits per heavy atom. The molecule has 0 aliphatic heterocycles. The minimum Gasteiger partial charge on any atom is -0.436 e. The zero-order chi connectivity index (χ0) is 17.5. The fourth-order valence-corrected chi connectivity index (χ4v) is 2.64. The molecule has 3 rings (SSSR count). The van der Waals surface area contributed by atoms with Gasteiger partial charge in [0.25, 0.3) is 0 Å². The molecule has 4 nitrogen and oxygen atoms in total. The molecule has 0 aliphatic rings. The van der Waals surface area contributed by atoms with Gasteiger partial charge in [-0.3, -0.25) is 4.79 Å². The fraction of sp³-hybridized carbons (Fsp3) is 0.125. The number of halogens is 4. The van der Waals surface area contributed by atoms with E-state index in [2.05, 4.69) is 20.9 Å². The smallest absolute Gasteiger partial charge is 0.436 e. The molecule has 0 N–H and O–H groups in total. The maximum Gasteiger partial charge on any atom is 0.471 e. The van der Waals surface area contributed by atoms with E-state index in [0.29, 0.717) is 21.9 Å². The van der Waals surface area contributed by atoms with Gasteiger partial charge in [-0.1, -0.05) is 12.1 Å². The number of carbonyl (C=O) groups excluding carboxylic acids is 1. The Bertz CT molecular complexity index is 921. The van der Waals surface area contributed by atoms with Crippen LogP contribution in [0.2, 0.25) is 0 Å². The van der Waals surface area contributed by atoms with E-state index in [1.165, 1.54) is 18.2 Å². The second-order valence-corrected chi connectivity index (χ2v) is 5.87. The van der Waals surface area contributed by atoms with E-state index in [1.54, 1.807) is 6.07 Å². The molecule has 0 saturated carbocycles. The van der Waals surface area contributed by atoms with E-state index >= 15 is 0 Å². The van der Waals surface area contributed by atoms with Crippen LogP contribution in [0, 0.1) is 0 Å². The Labute approximate surface area is 143 Å². The van der Waals surface area contributed by atoms with Gasteiger partial charge in [0.15, 0.2) is 5.58 Å². The molecule has 0 bridgehead atoms. The standard InChI is InChI=1S/C16H10BrF3N2O2/c1-22(15(23)16(18,19)20)9-6-7-13-12(8-9)21-14(24-13)10-4-2-3-5-11(10)17/h2-8H,1H3. The summed E-state index contributed by atoms with van der Waals surface area (Å²) in [5.41, 5.74) is 1.57. The second-order valence-electron chi connectivity index (χ2n) is 5.01. The predicted octanol–water partition coefficient (Wildman–Crippen LogP) is 4.78. The van der Waals surface area contributed by atoms with Crippen molar-refractivity contribution in [1.29, 1.82) is 0 Å². The van der Waals surface area contributed by atoms with Crippen molar-refractivity contribution >= 4 is 38.6 Å². The quantitative estimate of drug-likeness (QED) is 0.623. The summed E-state index contributed by atoms with van der Waals surface area (Å²) in [6.45, 7) is 0. The van der Waals surface area contributed by atoms with Gasteiger partial charge in [0.1, 0.15) is 5.52 Å². The van der Waals surface area contributed by atoms with E-state index in [0.717, 1.165) is 17.1 Å². The van der Waals surface area contributed by atoms with Gasteiger partial charge in [0.05, 0.1) is 5.56 Å². The van der Waals surface area contributed by atoms with Crippen LogP contribution >= 0.6 is 15.9 Å².